The molecule has 10 atom stereocenters. The smallest absolute Gasteiger partial charge is 0.0459 e. The number of unbranched alkanes of at least 4 members (excludes halogenated alkanes) is 1. The molecule has 0 spiro atoms. The summed E-state index contributed by atoms with van der Waals surface area (Å²) < 4.78 is 0. The summed E-state index contributed by atoms with van der Waals surface area (Å²) in [5, 5.41) is 17.4. The minimum Gasteiger partial charge on any atom is -0.396 e. The third-order valence-electron chi connectivity index (χ3n) is 11.6. The van der Waals surface area contributed by atoms with Crippen LogP contribution in [0.5, 0.6) is 0 Å². The van der Waals surface area contributed by atoms with Crippen LogP contribution in [-0.4, -0.2) is 50.0 Å². The van der Waals surface area contributed by atoms with Gasteiger partial charge in [0.05, 0.1) is 0 Å². The highest BCUT2D eigenvalue weighted by atomic mass is 16.3. The van der Waals surface area contributed by atoms with Crippen LogP contribution < -0.4 is 22.1 Å². The lowest BCUT2D eigenvalue weighted by atomic mass is 9.43. The fraction of sp³-hybridized carbons (Fsp3) is 1.00. The van der Waals surface area contributed by atoms with E-state index in [0.717, 1.165) is 50.4 Å². The largest absolute Gasteiger partial charge is 0.396 e. The van der Waals surface area contributed by atoms with Crippen LogP contribution >= 0.6 is 0 Å². The molecule has 0 aromatic rings. The maximum absolute atomic E-state index is 9.90. The fourth-order valence-electron chi connectivity index (χ4n) is 9.65. The fourth-order valence-corrected chi connectivity index (χ4v) is 9.65. The standard InChI is InChI=1S/C29H56N4O/c1-20(19-34)23-7-8-24-27-25(10-12-29(23,24)3)28(2)11-9-22(17-21(28)18-26(27)31)33-16-6-15-32-14-5-4-13-30/h20-27,32-34H,4-19,30-31H2,1-3H3/t20-,21-,22+,23-,24+,25+,26-,27+,28+,29-/m1/s1. The average Bonchev–Trinajstić information content (AvgIpc) is 3.18. The van der Waals surface area contributed by atoms with E-state index in [0.29, 0.717) is 47.3 Å². The van der Waals surface area contributed by atoms with Crippen molar-refractivity contribution in [3.8, 4) is 0 Å². The predicted octanol–water partition coefficient (Wildman–Crippen LogP) is 3.89. The average molecular weight is 477 g/mol. The molecule has 5 nitrogen and oxygen atoms in total. The van der Waals surface area contributed by atoms with Crippen molar-refractivity contribution in [2.75, 3.05) is 32.8 Å². The Morgan fingerprint density at radius 2 is 1.65 bits per heavy atom. The molecule has 4 aliphatic rings. The van der Waals surface area contributed by atoms with Gasteiger partial charge in [-0.1, -0.05) is 20.8 Å². The maximum Gasteiger partial charge on any atom is 0.0459 e. The Labute approximate surface area is 210 Å². The van der Waals surface area contributed by atoms with Crippen LogP contribution in [0.1, 0.15) is 91.4 Å². The first-order valence-electron chi connectivity index (χ1n) is 14.9. The number of fused-ring (bicyclic) bond motifs is 5. The Morgan fingerprint density at radius 3 is 2.41 bits per heavy atom. The molecule has 4 aliphatic carbocycles. The summed E-state index contributed by atoms with van der Waals surface area (Å²) in [6.07, 6.45) is 14.1. The molecule has 4 saturated carbocycles. The monoisotopic (exact) mass is 476 g/mol. The molecule has 4 fully saturated rings. The van der Waals surface area contributed by atoms with E-state index < -0.39 is 0 Å². The predicted molar refractivity (Wildman–Crippen MR) is 142 cm³/mol. The Hall–Kier alpha value is -0.200. The van der Waals surface area contributed by atoms with E-state index in [9.17, 15) is 5.11 Å². The number of aliphatic hydroxyl groups is 1. The van der Waals surface area contributed by atoms with Gasteiger partial charge in [0.1, 0.15) is 0 Å². The highest BCUT2D eigenvalue weighted by Gasteiger charge is 2.62. The van der Waals surface area contributed by atoms with Gasteiger partial charge in [0.25, 0.3) is 0 Å². The Kier molecular flexibility index (Phi) is 9.05. The number of nitrogens with one attached hydrogen (secondary N) is 2. The molecule has 0 heterocycles. The topological polar surface area (TPSA) is 96.3 Å². The van der Waals surface area contributed by atoms with E-state index in [-0.39, 0.29) is 0 Å². The van der Waals surface area contributed by atoms with Crippen molar-refractivity contribution in [1.82, 2.24) is 10.6 Å². The third-order valence-corrected chi connectivity index (χ3v) is 11.6. The molecule has 7 N–H and O–H groups in total. The van der Waals surface area contributed by atoms with Gasteiger partial charge in [-0.05, 0) is 143 Å². The summed E-state index contributed by atoms with van der Waals surface area (Å²) in [6.45, 7) is 12.0. The maximum atomic E-state index is 9.90. The number of nitrogens with two attached hydrogens (primary N) is 2. The van der Waals surface area contributed by atoms with E-state index >= 15 is 0 Å². The van der Waals surface area contributed by atoms with Gasteiger partial charge >= 0.3 is 0 Å². The van der Waals surface area contributed by atoms with Gasteiger partial charge in [0, 0.05) is 18.7 Å². The quantitative estimate of drug-likeness (QED) is 0.292. The van der Waals surface area contributed by atoms with Crippen LogP contribution in [0.2, 0.25) is 0 Å². The van der Waals surface area contributed by atoms with Crippen LogP contribution in [-0.2, 0) is 0 Å². The molecule has 0 radical (unpaired) electrons. The van der Waals surface area contributed by atoms with Gasteiger partial charge in [-0.15, -0.1) is 0 Å². The zero-order valence-corrected chi connectivity index (χ0v) is 22.5. The van der Waals surface area contributed by atoms with Crippen molar-refractivity contribution in [1.29, 1.82) is 0 Å². The second-order valence-electron chi connectivity index (χ2n) is 13.3. The zero-order valence-electron chi connectivity index (χ0n) is 22.5. The van der Waals surface area contributed by atoms with Crippen LogP contribution in [0.4, 0.5) is 0 Å². The lowest BCUT2D eigenvalue weighted by molar-refractivity contribution is -0.127. The van der Waals surface area contributed by atoms with E-state index in [2.05, 4.69) is 31.4 Å². The minimum absolute atomic E-state index is 0.339. The molecular formula is C29H56N4O. The Morgan fingerprint density at radius 1 is 0.912 bits per heavy atom. The van der Waals surface area contributed by atoms with Gasteiger partial charge in [0.15, 0.2) is 0 Å². The number of hydrogen-bond donors (Lipinski definition) is 5. The Bertz CT molecular complexity index is 646. The highest BCUT2D eigenvalue weighted by molar-refractivity contribution is 5.12. The molecule has 0 aromatic carbocycles. The molecule has 5 heteroatoms. The SMILES string of the molecule is C[C@H](CO)[C@H]1CC[C@H]2[C@@H]3[C@H](N)C[C@H]4C[C@@H](NCCCNCCCCN)CC[C@]4(C)[C@H]3CC[C@]12C. The normalized spacial score (nSPS) is 44.8. The summed E-state index contributed by atoms with van der Waals surface area (Å²) >= 11 is 0. The number of aliphatic hydroxyl groups excluding tert-OH is 1. The van der Waals surface area contributed by atoms with Gasteiger partial charge in [-0.25, -0.2) is 0 Å². The molecule has 4 rings (SSSR count). The Balaban J connectivity index is 1.31. The second-order valence-corrected chi connectivity index (χ2v) is 13.3. The van der Waals surface area contributed by atoms with Crippen molar-refractivity contribution in [2.45, 2.75) is 103 Å². The summed E-state index contributed by atoms with van der Waals surface area (Å²) in [7, 11) is 0. The summed E-state index contributed by atoms with van der Waals surface area (Å²) in [4.78, 5) is 0. The molecule has 34 heavy (non-hydrogen) atoms. The second kappa shape index (κ2) is 11.5. The van der Waals surface area contributed by atoms with Gasteiger partial charge in [-0.3, -0.25) is 0 Å². The number of hydrogen-bond acceptors (Lipinski definition) is 5. The van der Waals surface area contributed by atoms with Crippen LogP contribution in [0, 0.1) is 46.3 Å². The van der Waals surface area contributed by atoms with Gasteiger partial charge in [0.2, 0.25) is 0 Å². The lowest BCUT2D eigenvalue weighted by Crippen LogP contribution is -2.61. The lowest BCUT2D eigenvalue weighted by Gasteiger charge is -2.63. The summed E-state index contributed by atoms with van der Waals surface area (Å²) in [5.41, 5.74) is 13.5. The molecule has 0 saturated heterocycles. The first kappa shape index (κ1) is 26.9. The molecule has 0 bridgehead atoms. The van der Waals surface area contributed by atoms with Crippen LogP contribution in [0.3, 0.4) is 0 Å². The van der Waals surface area contributed by atoms with E-state index in [1.54, 1.807) is 0 Å². The molecular weight excluding hydrogens is 420 g/mol. The molecule has 0 amide bonds. The molecule has 0 unspecified atom stereocenters. The molecule has 0 aliphatic heterocycles. The van der Waals surface area contributed by atoms with E-state index in [1.807, 2.05) is 0 Å². The number of rotatable bonds is 11. The first-order chi connectivity index (χ1) is 16.3. The van der Waals surface area contributed by atoms with Crippen molar-refractivity contribution < 1.29 is 5.11 Å². The van der Waals surface area contributed by atoms with Gasteiger partial charge < -0.3 is 27.2 Å². The summed E-state index contributed by atoms with van der Waals surface area (Å²) in [6, 6.07) is 1.04. The van der Waals surface area contributed by atoms with Crippen LogP contribution in [0.25, 0.3) is 0 Å². The molecule has 198 valence electrons. The van der Waals surface area contributed by atoms with Crippen molar-refractivity contribution in [3.05, 3.63) is 0 Å². The van der Waals surface area contributed by atoms with E-state index in [4.69, 9.17) is 11.5 Å². The van der Waals surface area contributed by atoms with Crippen molar-refractivity contribution in [3.63, 3.8) is 0 Å². The van der Waals surface area contributed by atoms with Crippen molar-refractivity contribution in [2.24, 2.45) is 57.8 Å². The minimum atomic E-state index is 0.339. The first-order valence-corrected chi connectivity index (χ1v) is 14.9. The molecule has 0 aromatic heterocycles. The van der Waals surface area contributed by atoms with Crippen LogP contribution in [0.15, 0.2) is 0 Å². The highest BCUT2D eigenvalue weighted by Crippen LogP contribution is 2.67. The third kappa shape index (κ3) is 5.11. The van der Waals surface area contributed by atoms with E-state index in [1.165, 1.54) is 64.2 Å². The summed E-state index contributed by atoms with van der Waals surface area (Å²) in [5.74, 6) is 4.16. The van der Waals surface area contributed by atoms with Gasteiger partial charge in [-0.2, -0.15) is 0 Å². The van der Waals surface area contributed by atoms with Crippen molar-refractivity contribution >= 4 is 0 Å². The zero-order chi connectivity index (χ0) is 24.3.